The minimum Gasteiger partial charge on any atom is -0.267 e. The van der Waals surface area contributed by atoms with E-state index in [1.54, 1.807) is 0 Å². The molecule has 0 saturated heterocycles. The van der Waals surface area contributed by atoms with E-state index < -0.39 is 11.7 Å². The molecule has 1 N–H and O–H groups in total. The highest BCUT2D eigenvalue weighted by molar-refractivity contribution is 9.10. The maximum atomic E-state index is 12.3. The molecule has 2 aromatic rings. The first-order chi connectivity index (χ1) is 7.88. The third-order valence-electron chi connectivity index (χ3n) is 2.15. The summed E-state index contributed by atoms with van der Waals surface area (Å²) in [6.45, 7) is 0. The number of nitrogens with one attached hydrogen (secondary N) is 1. The van der Waals surface area contributed by atoms with E-state index in [9.17, 15) is 18.0 Å². The Hall–Kier alpha value is -1.50. The quantitative estimate of drug-likeness (QED) is 0.864. The number of alkyl halides is 3. The van der Waals surface area contributed by atoms with Crippen LogP contribution >= 0.6 is 15.9 Å². The summed E-state index contributed by atoms with van der Waals surface area (Å²) in [5, 5.41) is 2.45. The maximum absolute atomic E-state index is 12.3. The number of aromatic nitrogens is 2. The van der Waals surface area contributed by atoms with Crippen molar-refractivity contribution in [2.75, 3.05) is 0 Å². The molecule has 7 heteroatoms. The zero-order valence-electron chi connectivity index (χ0n) is 8.25. The maximum Gasteiger partial charge on any atom is 0.416 e. The molecule has 0 unspecified atom stereocenters. The van der Waals surface area contributed by atoms with E-state index in [0.717, 1.165) is 12.1 Å². The summed E-state index contributed by atoms with van der Waals surface area (Å²) in [6.07, 6.45) is -2.91. The van der Waals surface area contributed by atoms with Crippen molar-refractivity contribution < 1.29 is 13.2 Å². The van der Waals surface area contributed by atoms with Crippen molar-refractivity contribution in [3.8, 4) is 5.69 Å². The molecular weight excluding hydrogens is 301 g/mol. The van der Waals surface area contributed by atoms with Crippen molar-refractivity contribution >= 4 is 15.9 Å². The van der Waals surface area contributed by atoms with Crippen LogP contribution in [0.1, 0.15) is 5.56 Å². The van der Waals surface area contributed by atoms with Crippen molar-refractivity contribution in [2.24, 2.45) is 0 Å². The van der Waals surface area contributed by atoms with Crippen LogP contribution in [0.25, 0.3) is 5.69 Å². The van der Waals surface area contributed by atoms with Gasteiger partial charge in [-0.3, -0.25) is 14.6 Å². The van der Waals surface area contributed by atoms with Crippen LogP contribution in [0.5, 0.6) is 0 Å². The van der Waals surface area contributed by atoms with Crippen LogP contribution in [-0.4, -0.2) is 9.78 Å². The Morgan fingerprint density at radius 2 is 1.76 bits per heavy atom. The molecule has 2 rings (SSSR count). The van der Waals surface area contributed by atoms with Crippen LogP contribution in [0.2, 0.25) is 0 Å². The normalized spacial score (nSPS) is 11.8. The number of benzene rings is 1. The first kappa shape index (κ1) is 12.0. The highest BCUT2D eigenvalue weighted by Crippen LogP contribution is 2.29. The SMILES string of the molecule is O=c1[nH]n(-c2ccc(C(F)(F)F)cc2)cc1Br. The summed E-state index contributed by atoms with van der Waals surface area (Å²) < 4.78 is 38.6. The highest BCUT2D eigenvalue weighted by Gasteiger charge is 2.29. The van der Waals surface area contributed by atoms with Gasteiger partial charge in [0.25, 0.3) is 5.56 Å². The van der Waals surface area contributed by atoms with Gasteiger partial charge in [-0.2, -0.15) is 13.2 Å². The fraction of sp³-hybridized carbons (Fsp3) is 0.100. The Morgan fingerprint density at radius 3 is 2.18 bits per heavy atom. The van der Waals surface area contributed by atoms with Crippen LogP contribution < -0.4 is 5.56 Å². The third-order valence-corrected chi connectivity index (χ3v) is 2.72. The lowest BCUT2D eigenvalue weighted by molar-refractivity contribution is -0.137. The van der Waals surface area contributed by atoms with E-state index in [0.29, 0.717) is 10.2 Å². The second-order valence-electron chi connectivity index (χ2n) is 3.33. The summed E-state index contributed by atoms with van der Waals surface area (Å²) in [5.41, 5.74) is -0.625. The lowest BCUT2D eigenvalue weighted by atomic mass is 10.2. The van der Waals surface area contributed by atoms with Gasteiger partial charge in [-0.15, -0.1) is 0 Å². The van der Waals surface area contributed by atoms with Gasteiger partial charge in [-0.05, 0) is 40.2 Å². The van der Waals surface area contributed by atoms with E-state index >= 15 is 0 Å². The Kier molecular flexibility index (Phi) is 2.86. The standard InChI is InChI=1S/C10H6BrF3N2O/c11-8-5-16(15-9(8)17)7-3-1-6(2-4-7)10(12,13)14/h1-5H,(H,15,17). The van der Waals surface area contributed by atoms with Crippen molar-refractivity contribution in [2.45, 2.75) is 6.18 Å². The van der Waals surface area contributed by atoms with Gasteiger partial charge in [0.15, 0.2) is 0 Å². The topological polar surface area (TPSA) is 37.8 Å². The average Bonchev–Trinajstić information content (AvgIpc) is 2.58. The highest BCUT2D eigenvalue weighted by atomic mass is 79.9. The Bertz CT molecular complexity index is 583. The zero-order valence-corrected chi connectivity index (χ0v) is 9.84. The van der Waals surface area contributed by atoms with Crippen molar-refractivity contribution in [1.82, 2.24) is 9.78 Å². The number of hydrogen-bond donors (Lipinski definition) is 1. The van der Waals surface area contributed by atoms with Crippen LogP contribution in [0.15, 0.2) is 39.7 Å². The van der Waals surface area contributed by atoms with Gasteiger partial charge in [0, 0.05) is 6.20 Å². The molecule has 1 aromatic carbocycles. The molecule has 1 aromatic heterocycles. The molecule has 0 saturated carbocycles. The monoisotopic (exact) mass is 306 g/mol. The Morgan fingerprint density at radius 1 is 1.18 bits per heavy atom. The number of hydrogen-bond acceptors (Lipinski definition) is 1. The summed E-state index contributed by atoms with van der Waals surface area (Å²) in [5.74, 6) is 0. The second kappa shape index (κ2) is 4.06. The van der Waals surface area contributed by atoms with Gasteiger partial charge >= 0.3 is 6.18 Å². The molecule has 0 radical (unpaired) electrons. The minimum absolute atomic E-state index is 0.317. The number of halogens is 4. The van der Waals surface area contributed by atoms with Crippen molar-refractivity contribution in [3.63, 3.8) is 0 Å². The molecule has 1 heterocycles. The predicted molar refractivity (Wildman–Crippen MR) is 59.1 cm³/mol. The van der Waals surface area contributed by atoms with E-state index in [1.165, 1.54) is 23.0 Å². The molecule has 0 fully saturated rings. The van der Waals surface area contributed by atoms with Gasteiger partial charge in [-0.1, -0.05) is 0 Å². The molecule has 0 aliphatic heterocycles. The lowest BCUT2D eigenvalue weighted by Gasteiger charge is -2.07. The van der Waals surface area contributed by atoms with Crippen LogP contribution in [-0.2, 0) is 6.18 Å². The summed E-state index contributed by atoms with van der Waals surface area (Å²) in [7, 11) is 0. The molecule has 0 amide bonds. The molecule has 0 aliphatic rings. The largest absolute Gasteiger partial charge is 0.416 e. The van der Waals surface area contributed by atoms with Gasteiger partial charge < -0.3 is 0 Å². The summed E-state index contributed by atoms with van der Waals surface area (Å²) >= 11 is 3.01. The number of nitrogens with zero attached hydrogens (tertiary/aromatic N) is 1. The van der Waals surface area contributed by atoms with Crippen molar-refractivity contribution in [1.29, 1.82) is 0 Å². The van der Waals surface area contributed by atoms with Crippen LogP contribution in [0.3, 0.4) is 0 Å². The number of aromatic amines is 1. The van der Waals surface area contributed by atoms with Gasteiger partial charge in [0.1, 0.15) is 4.47 Å². The van der Waals surface area contributed by atoms with E-state index in [-0.39, 0.29) is 5.56 Å². The molecule has 0 bridgehead atoms. The molecule has 0 aliphatic carbocycles. The lowest BCUT2D eigenvalue weighted by Crippen LogP contribution is -2.06. The minimum atomic E-state index is -4.36. The van der Waals surface area contributed by atoms with E-state index in [1.807, 2.05) is 0 Å². The molecule has 0 atom stereocenters. The molecule has 90 valence electrons. The van der Waals surface area contributed by atoms with Gasteiger partial charge in [-0.25, -0.2) is 0 Å². The molecule has 0 spiro atoms. The fourth-order valence-electron chi connectivity index (χ4n) is 1.32. The predicted octanol–water partition coefficient (Wildman–Crippen LogP) is 2.95. The van der Waals surface area contributed by atoms with E-state index in [2.05, 4.69) is 21.0 Å². The second-order valence-corrected chi connectivity index (χ2v) is 4.19. The smallest absolute Gasteiger partial charge is 0.267 e. The fourth-order valence-corrected chi connectivity index (χ4v) is 1.61. The Labute approximate surface area is 102 Å². The summed E-state index contributed by atoms with van der Waals surface area (Å²) in [4.78, 5) is 11.1. The molecular formula is C10H6BrF3N2O. The van der Waals surface area contributed by atoms with Gasteiger partial charge in [0.2, 0.25) is 0 Å². The van der Waals surface area contributed by atoms with E-state index in [4.69, 9.17) is 0 Å². The molecule has 17 heavy (non-hydrogen) atoms. The molecule has 3 nitrogen and oxygen atoms in total. The van der Waals surface area contributed by atoms with Crippen molar-refractivity contribution in [3.05, 3.63) is 50.9 Å². The van der Waals surface area contributed by atoms with Crippen LogP contribution in [0, 0.1) is 0 Å². The Balaban J connectivity index is 2.39. The average molecular weight is 307 g/mol. The zero-order chi connectivity index (χ0) is 12.6. The first-order valence-electron chi connectivity index (χ1n) is 4.53. The third kappa shape index (κ3) is 2.44. The number of rotatable bonds is 1. The van der Waals surface area contributed by atoms with Gasteiger partial charge in [0.05, 0.1) is 11.3 Å². The number of H-pyrrole nitrogens is 1. The summed E-state index contributed by atoms with van der Waals surface area (Å²) in [6, 6.07) is 4.49. The van der Waals surface area contributed by atoms with Crippen LogP contribution in [0.4, 0.5) is 13.2 Å². The first-order valence-corrected chi connectivity index (χ1v) is 5.32.